The monoisotopic (exact) mass is 447 g/mol. The molecule has 0 saturated heterocycles. The van der Waals surface area contributed by atoms with Crippen LogP contribution in [0.2, 0.25) is 0 Å². The molecule has 156 valence electrons. The van der Waals surface area contributed by atoms with Crippen molar-refractivity contribution < 1.29 is 18.3 Å². The summed E-state index contributed by atoms with van der Waals surface area (Å²) < 4.78 is 28.8. The Balaban J connectivity index is 1.93. The van der Waals surface area contributed by atoms with Crippen LogP contribution in [0.3, 0.4) is 0 Å². The highest BCUT2D eigenvalue weighted by Gasteiger charge is 2.26. The number of aromatic nitrogens is 1. The van der Waals surface area contributed by atoms with Crippen LogP contribution in [-0.2, 0) is 21.2 Å². The van der Waals surface area contributed by atoms with Crippen LogP contribution in [0.5, 0.6) is 0 Å². The summed E-state index contributed by atoms with van der Waals surface area (Å²) in [5.41, 5.74) is 6.39. The number of sulfonamides is 1. The smallest absolute Gasteiger partial charge is 0.322 e. The number of halogens is 1. The molecule has 0 fully saturated rings. The topological polar surface area (TPSA) is 149 Å². The van der Waals surface area contributed by atoms with Crippen LogP contribution in [0, 0.1) is 5.41 Å². The van der Waals surface area contributed by atoms with E-state index in [-0.39, 0.29) is 11.3 Å². The van der Waals surface area contributed by atoms with Gasteiger partial charge in [0.2, 0.25) is 16.0 Å². The SMILES string of the molecule is N=C(N)N(Cl)c1cncc2cc(S(=O)(=O)N[C@@H](Cc3ccccc3)C(=O)O)ccc12. The number of aliphatic carboxylic acids is 1. The first-order valence-electron chi connectivity index (χ1n) is 8.66. The Labute approximate surface area is 177 Å². The maximum atomic E-state index is 12.8. The Morgan fingerprint density at radius 1 is 1.23 bits per heavy atom. The fourth-order valence-electron chi connectivity index (χ4n) is 2.88. The average Bonchev–Trinajstić information content (AvgIpc) is 2.72. The van der Waals surface area contributed by atoms with E-state index in [0.29, 0.717) is 22.0 Å². The first kappa shape index (κ1) is 21.5. The van der Waals surface area contributed by atoms with Crippen LogP contribution in [0.4, 0.5) is 5.69 Å². The van der Waals surface area contributed by atoms with Crippen molar-refractivity contribution in [2.45, 2.75) is 17.4 Å². The number of rotatable bonds is 7. The van der Waals surface area contributed by atoms with Gasteiger partial charge in [-0.15, -0.1) is 0 Å². The summed E-state index contributed by atoms with van der Waals surface area (Å²) in [5, 5.41) is 17.9. The van der Waals surface area contributed by atoms with E-state index >= 15 is 0 Å². The largest absolute Gasteiger partial charge is 0.480 e. The summed E-state index contributed by atoms with van der Waals surface area (Å²) in [7, 11) is -4.14. The van der Waals surface area contributed by atoms with Gasteiger partial charge >= 0.3 is 5.97 Å². The van der Waals surface area contributed by atoms with Gasteiger partial charge in [-0.3, -0.25) is 15.2 Å². The number of hydrogen-bond donors (Lipinski definition) is 4. The second kappa shape index (κ2) is 8.66. The van der Waals surface area contributed by atoms with Gasteiger partial charge in [0.1, 0.15) is 6.04 Å². The van der Waals surface area contributed by atoms with Gasteiger partial charge < -0.3 is 10.8 Å². The van der Waals surface area contributed by atoms with E-state index in [0.717, 1.165) is 4.42 Å². The number of benzene rings is 2. The van der Waals surface area contributed by atoms with Crippen LogP contribution in [0.15, 0.2) is 65.8 Å². The number of carboxylic acids is 1. The number of nitrogens with two attached hydrogens (primary N) is 1. The standard InChI is InChI=1S/C19H18ClN5O4S/c20-25(19(21)22)17-11-23-10-13-9-14(6-7-15(13)17)30(28,29)24-16(18(26)27)8-12-4-2-1-3-5-12/h1-7,9-11,16,24H,8H2,(H3,21,22)(H,26,27)/t16-/m0/s1. The zero-order chi connectivity index (χ0) is 21.9. The van der Waals surface area contributed by atoms with E-state index in [2.05, 4.69) is 9.71 Å². The molecule has 3 aromatic rings. The number of fused-ring (bicyclic) bond motifs is 1. The summed E-state index contributed by atoms with van der Waals surface area (Å²) >= 11 is 5.98. The fourth-order valence-corrected chi connectivity index (χ4v) is 4.24. The summed E-state index contributed by atoms with van der Waals surface area (Å²) in [6.07, 6.45) is 2.82. The normalized spacial score (nSPS) is 12.4. The fraction of sp³-hybridized carbons (Fsp3) is 0.105. The van der Waals surface area contributed by atoms with E-state index in [4.69, 9.17) is 22.9 Å². The minimum Gasteiger partial charge on any atom is -0.480 e. The molecule has 0 unspecified atom stereocenters. The lowest BCUT2D eigenvalue weighted by atomic mass is 10.1. The Morgan fingerprint density at radius 3 is 2.57 bits per heavy atom. The second-order valence-corrected chi connectivity index (χ2v) is 8.46. The van der Waals surface area contributed by atoms with Crippen molar-refractivity contribution in [1.29, 1.82) is 5.41 Å². The van der Waals surface area contributed by atoms with Crippen molar-refractivity contribution in [3.63, 3.8) is 0 Å². The predicted molar refractivity (Wildman–Crippen MR) is 114 cm³/mol. The quantitative estimate of drug-likeness (QED) is 0.246. The maximum absolute atomic E-state index is 12.8. The van der Waals surface area contributed by atoms with Crippen LogP contribution >= 0.6 is 11.8 Å². The van der Waals surface area contributed by atoms with Crippen molar-refractivity contribution in [3.05, 3.63) is 66.5 Å². The highest BCUT2D eigenvalue weighted by atomic mass is 35.5. The number of pyridine rings is 1. The van der Waals surface area contributed by atoms with Crippen LogP contribution in [-0.4, -0.2) is 36.5 Å². The molecule has 0 saturated carbocycles. The molecule has 2 aromatic carbocycles. The van der Waals surface area contributed by atoms with E-state index in [1.54, 1.807) is 30.3 Å². The Morgan fingerprint density at radius 2 is 1.93 bits per heavy atom. The second-order valence-electron chi connectivity index (χ2n) is 6.41. The van der Waals surface area contributed by atoms with Crippen molar-refractivity contribution in [1.82, 2.24) is 9.71 Å². The molecule has 1 aromatic heterocycles. The Bertz CT molecular complexity index is 1200. The minimum absolute atomic E-state index is 0.00545. The molecule has 5 N–H and O–H groups in total. The van der Waals surface area contributed by atoms with Crippen molar-refractivity contribution in [3.8, 4) is 0 Å². The lowest BCUT2D eigenvalue weighted by molar-refractivity contribution is -0.138. The number of nitrogens with one attached hydrogen (secondary N) is 2. The number of anilines is 1. The van der Waals surface area contributed by atoms with Gasteiger partial charge in [-0.25, -0.2) is 12.8 Å². The van der Waals surface area contributed by atoms with Gasteiger partial charge in [0.25, 0.3) is 0 Å². The van der Waals surface area contributed by atoms with Gasteiger partial charge in [-0.1, -0.05) is 36.4 Å². The van der Waals surface area contributed by atoms with Crippen LogP contribution < -0.4 is 14.9 Å². The lowest BCUT2D eigenvalue weighted by Crippen LogP contribution is -2.42. The molecule has 0 amide bonds. The van der Waals surface area contributed by atoms with E-state index in [9.17, 15) is 18.3 Å². The Kier molecular flexibility index (Phi) is 6.20. The number of guanidine groups is 1. The van der Waals surface area contributed by atoms with Gasteiger partial charge in [-0.05, 0) is 24.1 Å². The molecule has 3 rings (SSSR count). The molecule has 0 radical (unpaired) electrons. The number of nitrogens with zero attached hydrogens (tertiary/aromatic N) is 2. The number of carboxylic acid groups (broad SMARTS) is 1. The summed E-state index contributed by atoms with van der Waals surface area (Å²) in [5.74, 6) is -1.71. The first-order chi connectivity index (χ1) is 14.2. The molecular weight excluding hydrogens is 430 g/mol. The first-order valence-corrected chi connectivity index (χ1v) is 10.5. The van der Waals surface area contributed by atoms with E-state index < -0.39 is 28.0 Å². The zero-order valence-corrected chi connectivity index (χ0v) is 17.1. The molecule has 0 bridgehead atoms. The molecule has 1 atom stereocenters. The third-order valence-electron chi connectivity index (χ3n) is 4.32. The van der Waals surface area contributed by atoms with Crippen molar-refractivity contribution in [2.75, 3.05) is 4.42 Å². The zero-order valence-electron chi connectivity index (χ0n) is 15.5. The van der Waals surface area contributed by atoms with E-state index in [1.807, 2.05) is 0 Å². The van der Waals surface area contributed by atoms with E-state index in [1.165, 1.54) is 30.6 Å². The molecule has 1 heterocycles. The molecular formula is C19H18ClN5O4S. The molecule has 30 heavy (non-hydrogen) atoms. The summed E-state index contributed by atoms with van der Waals surface area (Å²) in [6.45, 7) is 0. The third-order valence-corrected chi connectivity index (χ3v) is 6.15. The molecule has 9 nitrogen and oxygen atoms in total. The Hall–Kier alpha value is -3.21. The van der Waals surface area contributed by atoms with Gasteiger partial charge in [-0.2, -0.15) is 4.72 Å². The summed E-state index contributed by atoms with van der Waals surface area (Å²) in [6, 6.07) is 11.5. The third kappa shape index (κ3) is 4.67. The highest BCUT2D eigenvalue weighted by Crippen LogP contribution is 2.28. The summed E-state index contributed by atoms with van der Waals surface area (Å²) in [4.78, 5) is 15.5. The predicted octanol–water partition coefficient (Wildman–Crippen LogP) is 2.06. The van der Waals surface area contributed by atoms with Crippen molar-refractivity contribution >= 4 is 50.2 Å². The minimum atomic E-state index is -4.14. The maximum Gasteiger partial charge on any atom is 0.322 e. The van der Waals surface area contributed by atoms with Gasteiger partial charge in [0.05, 0.1) is 16.8 Å². The number of hydrogen-bond acceptors (Lipinski definition) is 5. The van der Waals surface area contributed by atoms with Crippen LogP contribution in [0.1, 0.15) is 5.56 Å². The van der Waals surface area contributed by atoms with Crippen LogP contribution in [0.25, 0.3) is 10.8 Å². The van der Waals surface area contributed by atoms with Crippen molar-refractivity contribution in [2.24, 2.45) is 5.73 Å². The molecule has 0 spiro atoms. The molecule has 0 aliphatic carbocycles. The number of carbonyl (C=O) groups is 1. The lowest BCUT2D eigenvalue weighted by Gasteiger charge is -2.17. The molecule has 0 aliphatic rings. The van der Waals surface area contributed by atoms with Gasteiger partial charge in [0, 0.05) is 28.7 Å². The molecule has 0 aliphatic heterocycles. The van der Waals surface area contributed by atoms with Gasteiger partial charge in [0.15, 0.2) is 0 Å². The highest BCUT2D eigenvalue weighted by molar-refractivity contribution is 7.89. The molecule has 11 heteroatoms. The average molecular weight is 448 g/mol.